The third-order valence-electron chi connectivity index (χ3n) is 4.26. The predicted molar refractivity (Wildman–Crippen MR) is 100 cm³/mol. The third kappa shape index (κ3) is 2.87. The summed E-state index contributed by atoms with van der Waals surface area (Å²) in [5.74, 6) is 0. The highest BCUT2D eigenvalue weighted by molar-refractivity contribution is 5.59. The Morgan fingerprint density at radius 2 is 1.15 bits per heavy atom. The molecule has 4 nitrogen and oxygen atoms in total. The van der Waals surface area contributed by atoms with E-state index in [0.717, 1.165) is 11.3 Å². The van der Waals surface area contributed by atoms with Gasteiger partial charge < -0.3 is 5.11 Å². The van der Waals surface area contributed by atoms with Crippen LogP contribution in [-0.2, 0) is 5.60 Å². The Bertz CT molecular complexity index is 950. The average molecular weight is 339 g/mol. The molecule has 0 radical (unpaired) electrons. The molecule has 4 aromatic rings. The Hall–Kier alpha value is -3.37. The van der Waals surface area contributed by atoms with E-state index in [1.807, 2.05) is 66.7 Å². The fourth-order valence-electron chi connectivity index (χ4n) is 2.95. The summed E-state index contributed by atoms with van der Waals surface area (Å²) in [6, 6.07) is 26.4. The summed E-state index contributed by atoms with van der Waals surface area (Å²) >= 11 is 0. The summed E-state index contributed by atoms with van der Waals surface area (Å²) in [4.78, 5) is 13.5. The van der Waals surface area contributed by atoms with E-state index in [1.54, 1.807) is 30.6 Å². The van der Waals surface area contributed by atoms with E-state index in [9.17, 15) is 5.11 Å². The number of aromatic nitrogens is 3. The smallest absolute Gasteiger partial charge is 0.191 e. The van der Waals surface area contributed by atoms with Gasteiger partial charge in [0, 0.05) is 18.0 Å². The molecule has 26 heavy (non-hydrogen) atoms. The van der Waals surface area contributed by atoms with E-state index in [4.69, 9.17) is 4.98 Å². The van der Waals surface area contributed by atoms with Crippen LogP contribution in [0.4, 0.5) is 0 Å². The van der Waals surface area contributed by atoms with Gasteiger partial charge in [0.1, 0.15) is 0 Å². The minimum absolute atomic E-state index is 0.483. The van der Waals surface area contributed by atoms with Crippen LogP contribution < -0.4 is 0 Å². The van der Waals surface area contributed by atoms with Gasteiger partial charge in [-0.05, 0) is 36.4 Å². The van der Waals surface area contributed by atoms with Gasteiger partial charge in [-0.2, -0.15) is 0 Å². The quantitative estimate of drug-likeness (QED) is 0.614. The van der Waals surface area contributed by atoms with Gasteiger partial charge in [0.2, 0.25) is 0 Å². The van der Waals surface area contributed by atoms with Crippen LogP contribution in [0.25, 0.3) is 11.3 Å². The molecule has 0 aliphatic heterocycles. The lowest BCUT2D eigenvalue weighted by atomic mass is 9.89. The zero-order chi connectivity index (χ0) is 17.8. The van der Waals surface area contributed by atoms with Crippen LogP contribution >= 0.6 is 0 Å². The summed E-state index contributed by atoms with van der Waals surface area (Å²) in [6.45, 7) is 0. The monoisotopic (exact) mass is 339 g/mol. The zero-order valence-corrected chi connectivity index (χ0v) is 14.0. The van der Waals surface area contributed by atoms with Gasteiger partial charge in [-0.25, -0.2) is 4.98 Å². The molecule has 0 atom stereocenters. The number of aliphatic hydroxyl groups is 1. The summed E-state index contributed by atoms with van der Waals surface area (Å²) in [5.41, 5.74) is 1.68. The summed E-state index contributed by atoms with van der Waals surface area (Å²) in [5, 5.41) is 11.7. The second-order valence-corrected chi connectivity index (χ2v) is 5.91. The number of pyridine rings is 3. The van der Waals surface area contributed by atoms with Gasteiger partial charge in [-0.15, -0.1) is 0 Å². The van der Waals surface area contributed by atoms with Crippen LogP contribution in [-0.4, -0.2) is 20.1 Å². The highest BCUT2D eigenvalue weighted by atomic mass is 16.3. The topological polar surface area (TPSA) is 58.9 Å². The molecule has 0 fully saturated rings. The number of hydrogen-bond acceptors (Lipinski definition) is 4. The van der Waals surface area contributed by atoms with Crippen LogP contribution in [0.2, 0.25) is 0 Å². The van der Waals surface area contributed by atoms with Crippen molar-refractivity contribution in [2.75, 3.05) is 0 Å². The SMILES string of the molecule is OC(c1ccccn1)(c1ccccn1)c1cccc(-c2ccccc2)n1. The largest absolute Gasteiger partial charge is 0.372 e. The van der Waals surface area contributed by atoms with Crippen LogP contribution in [0, 0.1) is 0 Å². The molecule has 0 unspecified atom stereocenters. The highest BCUT2D eigenvalue weighted by Gasteiger charge is 2.38. The molecule has 0 spiro atoms. The van der Waals surface area contributed by atoms with E-state index in [-0.39, 0.29) is 0 Å². The highest BCUT2D eigenvalue weighted by Crippen LogP contribution is 2.34. The number of benzene rings is 1. The normalized spacial score (nSPS) is 11.3. The predicted octanol–water partition coefficient (Wildman–Crippen LogP) is 3.82. The first kappa shape index (κ1) is 16.1. The maximum absolute atomic E-state index is 11.7. The zero-order valence-electron chi connectivity index (χ0n) is 14.0. The van der Waals surface area contributed by atoms with Crippen molar-refractivity contribution >= 4 is 0 Å². The van der Waals surface area contributed by atoms with Gasteiger partial charge in [0.25, 0.3) is 0 Å². The fraction of sp³-hybridized carbons (Fsp3) is 0.0455. The average Bonchev–Trinajstić information content (AvgIpc) is 2.75. The molecule has 0 aliphatic carbocycles. The molecule has 0 saturated heterocycles. The lowest BCUT2D eigenvalue weighted by molar-refractivity contribution is 0.111. The molecule has 3 aromatic heterocycles. The molecule has 1 N–H and O–H groups in total. The van der Waals surface area contributed by atoms with Crippen molar-refractivity contribution < 1.29 is 5.11 Å². The summed E-state index contributed by atoms with van der Waals surface area (Å²) in [7, 11) is 0. The van der Waals surface area contributed by atoms with Crippen LogP contribution in [0.5, 0.6) is 0 Å². The molecule has 1 aromatic carbocycles. The summed E-state index contributed by atoms with van der Waals surface area (Å²) < 4.78 is 0. The molecular weight excluding hydrogens is 322 g/mol. The Labute approximate surface area is 151 Å². The lowest BCUT2D eigenvalue weighted by Crippen LogP contribution is -2.32. The van der Waals surface area contributed by atoms with Crippen molar-refractivity contribution in [2.24, 2.45) is 0 Å². The molecule has 0 saturated carbocycles. The van der Waals surface area contributed by atoms with E-state index < -0.39 is 5.60 Å². The van der Waals surface area contributed by atoms with Crippen molar-refractivity contribution in [1.29, 1.82) is 0 Å². The minimum atomic E-state index is -1.53. The Morgan fingerprint density at radius 3 is 1.73 bits per heavy atom. The van der Waals surface area contributed by atoms with E-state index in [2.05, 4.69) is 9.97 Å². The lowest BCUT2D eigenvalue weighted by Gasteiger charge is -2.27. The van der Waals surface area contributed by atoms with Crippen LogP contribution in [0.1, 0.15) is 17.1 Å². The van der Waals surface area contributed by atoms with Crippen molar-refractivity contribution in [3.63, 3.8) is 0 Å². The molecule has 0 amide bonds. The number of nitrogens with zero attached hydrogens (tertiary/aromatic N) is 3. The maximum Gasteiger partial charge on any atom is 0.191 e. The number of hydrogen-bond donors (Lipinski definition) is 1. The first-order chi connectivity index (χ1) is 12.8. The Balaban J connectivity index is 1.91. The molecule has 4 rings (SSSR count). The second-order valence-electron chi connectivity index (χ2n) is 5.91. The van der Waals surface area contributed by atoms with E-state index in [1.165, 1.54) is 0 Å². The van der Waals surface area contributed by atoms with Crippen LogP contribution in [0.15, 0.2) is 97.3 Å². The number of rotatable bonds is 4. The van der Waals surface area contributed by atoms with Crippen molar-refractivity contribution in [2.45, 2.75) is 5.60 Å². The minimum Gasteiger partial charge on any atom is -0.372 e. The van der Waals surface area contributed by atoms with Crippen molar-refractivity contribution in [3.8, 4) is 11.3 Å². The van der Waals surface area contributed by atoms with Crippen molar-refractivity contribution in [3.05, 3.63) is 114 Å². The van der Waals surface area contributed by atoms with Gasteiger partial charge in [0.15, 0.2) is 5.60 Å². The molecular formula is C22H17N3O. The van der Waals surface area contributed by atoms with Gasteiger partial charge in [0.05, 0.1) is 22.8 Å². The molecule has 4 heteroatoms. The molecule has 0 bridgehead atoms. The fourth-order valence-corrected chi connectivity index (χ4v) is 2.95. The Morgan fingerprint density at radius 1 is 0.577 bits per heavy atom. The standard InChI is InChI=1S/C22H17N3O/c26-22(19-12-4-6-15-23-19,20-13-5-7-16-24-20)21-14-8-11-18(25-21)17-9-2-1-3-10-17/h1-16,26H. The summed E-state index contributed by atoms with van der Waals surface area (Å²) in [6.07, 6.45) is 3.31. The van der Waals surface area contributed by atoms with Crippen molar-refractivity contribution in [1.82, 2.24) is 15.0 Å². The first-order valence-electron chi connectivity index (χ1n) is 8.37. The molecule has 3 heterocycles. The van der Waals surface area contributed by atoms with Crippen LogP contribution in [0.3, 0.4) is 0 Å². The third-order valence-corrected chi connectivity index (χ3v) is 4.26. The van der Waals surface area contributed by atoms with E-state index >= 15 is 0 Å². The van der Waals surface area contributed by atoms with Gasteiger partial charge in [-0.3, -0.25) is 9.97 Å². The van der Waals surface area contributed by atoms with Gasteiger partial charge in [-0.1, -0.05) is 48.5 Å². The first-order valence-corrected chi connectivity index (χ1v) is 8.37. The van der Waals surface area contributed by atoms with E-state index in [0.29, 0.717) is 17.1 Å². The molecule has 0 aliphatic rings. The van der Waals surface area contributed by atoms with Gasteiger partial charge >= 0.3 is 0 Å². The second kappa shape index (κ2) is 6.86. The Kier molecular flexibility index (Phi) is 4.25. The molecule has 126 valence electrons. The maximum atomic E-state index is 11.7.